The third kappa shape index (κ3) is 2.80. The Labute approximate surface area is 185 Å². The molecule has 0 radical (unpaired) electrons. The zero-order valence-corrected chi connectivity index (χ0v) is 18.5. The van der Waals surface area contributed by atoms with Crippen molar-refractivity contribution >= 4 is 81.7 Å². The van der Waals surface area contributed by atoms with E-state index in [0.29, 0.717) is 5.02 Å². The van der Waals surface area contributed by atoms with E-state index in [-0.39, 0.29) is 0 Å². The lowest BCUT2D eigenvalue weighted by atomic mass is 10.1. The van der Waals surface area contributed by atoms with Crippen molar-refractivity contribution in [2.75, 3.05) is 0 Å². The number of rotatable bonds is 2. The zero-order chi connectivity index (χ0) is 19.5. The first-order valence-electron chi connectivity index (χ1n) is 8.63. The number of fused-ring (bicyclic) bond motifs is 3. The van der Waals surface area contributed by atoms with E-state index in [9.17, 15) is 0 Å². The van der Waals surface area contributed by atoms with Gasteiger partial charge in [-0.2, -0.15) is 0 Å². The average Bonchev–Trinajstić information content (AvgIpc) is 3.46. The molecule has 0 saturated heterocycles. The van der Waals surface area contributed by atoms with Gasteiger partial charge in [0.2, 0.25) is 0 Å². The SMILES string of the molecule is Clc1cc(-c2ccc3ocnc3c2)cc2sc(-c3ccc4scnc4c3Br)nc12. The Bertz CT molecular complexity index is 1550. The highest BCUT2D eigenvalue weighted by molar-refractivity contribution is 9.10. The Kier molecular flexibility index (Phi) is 3.99. The second-order valence-electron chi connectivity index (χ2n) is 6.48. The van der Waals surface area contributed by atoms with Gasteiger partial charge < -0.3 is 4.42 Å². The van der Waals surface area contributed by atoms with Crippen molar-refractivity contribution in [3.8, 4) is 21.7 Å². The van der Waals surface area contributed by atoms with E-state index in [1.807, 2.05) is 29.8 Å². The molecule has 0 unspecified atom stereocenters. The fraction of sp³-hybridized carbons (Fsp3) is 0. The summed E-state index contributed by atoms with van der Waals surface area (Å²) in [6.07, 6.45) is 1.46. The third-order valence-corrected chi connectivity index (χ3v) is 7.70. The van der Waals surface area contributed by atoms with E-state index in [4.69, 9.17) is 21.0 Å². The zero-order valence-electron chi connectivity index (χ0n) is 14.5. The molecular weight excluding hydrogens is 490 g/mol. The first-order valence-corrected chi connectivity index (χ1v) is 11.5. The molecule has 0 bridgehead atoms. The maximum absolute atomic E-state index is 6.62. The normalized spacial score (nSPS) is 11.8. The van der Waals surface area contributed by atoms with Crippen molar-refractivity contribution in [2.45, 2.75) is 0 Å². The quantitative estimate of drug-likeness (QED) is 0.244. The summed E-state index contributed by atoms with van der Waals surface area (Å²) >= 11 is 13.6. The van der Waals surface area contributed by atoms with Gasteiger partial charge in [0.25, 0.3) is 0 Å². The van der Waals surface area contributed by atoms with E-state index in [0.717, 1.165) is 57.7 Å². The molecule has 3 aromatic heterocycles. The van der Waals surface area contributed by atoms with Gasteiger partial charge in [0.15, 0.2) is 12.0 Å². The molecule has 4 nitrogen and oxygen atoms in total. The van der Waals surface area contributed by atoms with Crippen molar-refractivity contribution in [3.05, 3.63) is 63.9 Å². The lowest BCUT2D eigenvalue weighted by Crippen LogP contribution is -1.81. The number of nitrogens with zero attached hydrogens (tertiary/aromatic N) is 3. The lowest BCUT2D eigenvalue weighted by Gasteiger charge is -2.03. The lowest BCUT2D eigenvalue weighted by molar-refractivity contribution is 0.602. The molecule has 0 aliphatic heterocycles. The second-order valence-corrected chi connectivity index (χ2v) is 9.60. The largest absolute Gasteiger partial charge is 0.443 e. The van der Waals surface area contributed by atoms with Crippen LogP contribution >= 0.6 is 50.2 Å². The smallest absolute Gasteiger partial charge is 0.181 e. The molecule has 140 valence electrons. The van der Waals surface area contributed by atoms with E-state index in [1.54, 1.807) is 22.7 Å². The molecule has 8 heteroatoms. The standard InChI is InChI=1S/C21H9BrClN3OS2/c22-18-12(2-4-16-20(18)25-9-28-16)21-26-19-13(23)5-11(7-17(19)29-21)10-1-3-15-14(6-10)24-8-27-15/h1-9H. The molecular formula is C21H9BrClN3OS2. The minimum atomic E-state index is 0.631. The van der Waals surface area contributed by atoms with Crippen LogP contribution in [0.3, 0.4) is 0 Å². The van der Waals surface area contributed by atoms with Crippen molar-refractivity contribution < 1.29 is 4.42 Å². The summed E-state index contributed by atoms with van der Waals surface area (Å²) < 4.78 is 8.48. The Morgan fingerprint density at radius 3 is 2.79 bits per heavy atom. The number of halogens is 2. The maximum Gasteiger partial charge on any atom is 0.181 e. The molecule has 0 spiro atoms. The van der Waals surface area contributed by atoms with Crippen LogP contribution in [0.2, 0.25) is 5.02 Å². The molecule has 0 fully saturated rings. The minimum Gasteiger partial charge on any atom is -0.443 e. The Morgan fingerprint density at radius 1 is 0.931 bits per heavy atom. The van der Waals surface area contributed by atoms with Crippen LogP contribution in [0.25, 0.3) is 53.2 Å². The number of hydrogen-bond acceptors (Lipinski definition) is 6. The van der Waals surface area contributed by atoms with Crippen LogP contribution in [0.4, 0.5) is 0 Å². The molecule has 0 aliphatic carbocycles. The van der Waals surface area contributed by atoms with Crippen LogP contribution in [-0.2, 0) is 0 Å². The van der Waals surface area contributed by atoms with Gasteiger partial charge in [-0.15, -0.1) is 22.7 Å². The van der Waals surface area contributed by atoms with E-state index < -0.39 is 0 Å². The van der Waals surface area contributed by atoms with Gasteiger partial charge in [0, 0.05) is 5.56 Å². The minimum absolute atomic E-state index is 0.631. The van der Waals surface area contributed by atoms with Gasteiger partial charge >= 0.3 is 0 Å². The van der Waals surface area contributed by atoms with E-state index >= 15 is 0 Å². The number of benzene rings is 3. The van der Waals surface area contributed by atoms with Gasteiger partial charge in [0.1, 0.15) is 16.0 Å². The fourth-order valence-corrected chi connectivity index (χ4v) is 6.34. The molecule has 0 aliphatic rings. The highest BCUT2D eigenvalue weighted by Gasteiger charge is 2.16. The molecule has 3 aromatic carbocycles. The molecule has 29 heavy (non-hydrogen) atoms. The molecule has 0 amide bonds. The summed E-state index contributed by atoms with van der Waals surface area (Å²) in [4.78, 5) is 13.5. The number of thiazole rings is 2. The van der Waals surface area contributed by atoms with Crippen molar-refractivity contribution in [1.82, 2.24) is 15.0 Å². The third-order valence-electron chi connectivity index (χ3n) is 4.78. The Hall–Kier alpha value is -2.32. The van der Waals surface area contributed by atoms with E-state index in [2.05, 4.69) is 44.1 Å². The average molecular weight is 499 g/mol. The maximum atomic E-state index is 6.62. The molecule has 0 saturated carbocycles. The summed E-state index contributed by atoms with van der Waals surface area (Å²) in [6, 6.07) is 14.2. The number of aromatic nitrogens is 3. The van der Waals surface area contributed by atoms with Crippen LogP contribution in [-0.4, -0.2) is 15.0 Å². The van der Waals surface area contributed by atoms with Gasteiger partial charge in [0.05, 0.1) is 29.9 Å². The molecule has 6 aromatic rings. The van der Waals surface area contributed by atoms with Crippen molar-refractivity contribution in [3.63, 3.8) is 0 Å². The van der Waals surface area contributed by atoms with Gasteiger partial charge in [-0.1, -0.05) is 17.7 Å². The first-order chi connectivity index (χ1) is 14.2. The second kappa shape index (κ2) is 6.60. The summed E-state index contributed by atoms with van der Waals surface area (Å²) in [6.45, 7) is 0. The molecule has 3 heterocycles. The number of oxazole rings is 1. The predicted octanol–water partition coefficient (Wildman–Crippen LogP) is 7.80. The first kappa shape index (κ1) is 17.5. The Balaban J connectivity index is 1.52. The summed E-state index contributed by atoms with van der Waals surface area (Å²) in [5.41, 5.74) is 8.29. The summed E-state index contributed by atoms with van der Waals surface area (Å²) in [7, 11) is 0. The van der Waals surface area contributed by atoms with Gasteiger partial charge in [-0.05, 0) is 63.5 Å². The van der Waals surface area contributed by atoms with Crippen LogP contribution in [0.5, 0.6) is 0 Å². The van der Waals surface area contributed by atoms with Crippen LogP contribution in [0.15, 0.2) is 63.3 Å². The van der Waals surface area contributed by atoms with Crippen LogP contribution < -0.4 is 0 Å². The Morgan fingerprint density at radius 2 is 1.86 bits per heavy atom. The predicted molar refractivity (Wildman–Crippen MR) is 124 cm³/mol. The monoisotopic (exact) mass is 497 g/mol. The number of hydrogen-bond donors (Lipinski definition) is 0. The summed E-state index contributed by atoms with van der Waals surface area (Å²) in [5.74, 6) is 0. The summed E-state index contributed by atoms with van der Waals surface area (Å²) in [5, 5.41) is 1.54. The van der Waals surface area contributed by atoms with Gasteiger partial charge in [-0.3, -0.25) is 0 Å². The molecule has 0 N–H and O–H groups in total. The van der Waals surface area contributed by atoms with Crippen molar-refractivity contribution in [1.29, 1.82) is 0 Å². The highest BCUT2D eigenvalue weighted by atomic mass is 79.9. The van der Waals surface area contributed by atoms with Crippen molar-refractivity contribution in [2.24, 2.45) is 0 Å². The highest BCUT2D eigenvalue weighted by Crippen LogP contribution is 2.41. The van der Waals surface area contributed by atoms with Gasteiger partial charge in [-0.25, -0.2) is 15.0 Å². The topological polar surface area (TPSA) is 51.8 Å². The van der Waals surface area contributed by atoms with Crippen LogP contribution in [0, 0.1) is 0 Å². The van der Waals surface area contributed by atoms with E-state index in [1.165, 1.54) is 6.39 Å². The van der Waals surface area contributed by atoms with Crippen LogP contribution in [0.1, 0.15) is 0 Å². The fourth-order valence-electron chi connectivity index (χ4n) is 3.37. The molecule has 6 rings (SSSR count). The molecule has 0 atom stereocenters.